The smallest absolute Gasteiger partial charge is 0.167 e. The van der Waals surface area contributed by atoms with Crippen LogP contribution in [0.3, 0.4) is 0 Å². The third kappa shape index (κ3) is 3.79. The maximum atomic E-state index is 14.6. The molecule has 2 aromatic carbocycles. The van der Waals surface area contributed by atoms with Crippen molar-refractivity contribution >= 4 is 0 Å². The lowest BCUT2D eigenvalue weighted by molar-refractivity contribution is -0.0726. The first-order valence-corrected chi connectivity index (χ1v) is 8.96. The number of aryl methyl sites for hydroxylation is 1. The fraction of sp³-hybridized carbons (Fsp3) is 0.429. The van der Waals surface area contributed by atoms with Gasteiger partial charge in [-0.15, -0.1) is 0 Å². The molecule has 140 valence electrons. The number of rotatable bonds is 5. The van der Waals surface area contributed by atoms with Gasteiger partial charge in [-0.2, -0.15) is 0 Å². The van der Waals surface area contributed by atoms with Crippen LogP contribution < -0.4 is 0 Å². The molecule has 1 fully saturated rings. The van der Waals surface area contributed by atoms with Gasteiger partial charge in [-0.3, -0.25) is 0 Å². The van der Waals surface area contributed by atoms with Gasteiger partial charge in [0.1, 0.15) is 5.82 Å². The summed E-state index contributed by atoms with van der Waals surface area (Å²) in [5.41, 5.74) is 1.01. The van der Waals surface area contributed by atoms with E-state index in [4.69, 9.17) is 9.47 Å². The molecule has 0 radical (unpaired) electrons. The Hall–Kier alpha value is -1.85. The van der Waals surface area contributed by atoms with Gasteiger partial charge in [0, 0.05) is 18.2 Å². The molecular weight excluding hydrogens is 341 g/mol. The Morgan fingerprint density at radius 2 is 1.81 bits per heavy atom. The summed E-state index contributed by atoms with van der Waals surface area (Å²) in [4.78, 5) is 0. The Labute approximate surface area is 151 Å². The van der Waals surface area contributed by atoms with Crippen molar-refractivity contribution in [3.63, 3.8) is 0 Å². The second kappa shape index (κ2) is 8.23. The van der Waals surface area contributed by atoms with E-state index in [0.29, 0.717) is 30.6 Å². The molecule has 0 bridgehead atoms. The quantitative estimate of drug-likeness (QED) is 0.688. The van der Waals surface area contributed by atoms with E-state index in [2.05, 4.69) is 0 Å². The Kier molecular flexibility index (Phi) is 5.99. The second-order valence-corrected chi connectivity index (χ2v) is 6.65. The number of ether oxygens (including phenoxy) is 2. The molecule has 1 saturated heterocycles. The van der Waals surface area contributed by atoms with Crippen LogP contribution in [0.25, 0.3) is 11.1 Å². The Morgan fingerprint density at radius 3 is 2.42 bits per heavy atom. The van der Waals surface area contributed by atoms with Gasteiger partial charge in [0.25, 0.3) is 0 Å². The summed E-state index contributed by atoms with van der Waals surface area (Å²) in [5.74, 6) is -2.48. The molecule has 1 aliphatic rings. The van der Waals surface area contributed by atoms with Gasteiger partial charge in [0.2, 0.25) is 0 Å². The number of hydrogen-bond donors (Lipinski definition) is 0. The molecule has 2 atom stereocenters. The normalized spacial score (nSPS) is 20.3. The first kappa shape index (κ1) is 18.9. The van der Waals surface area contributed by atoms with Gasteiger partial charge in [0.15, 0.2) is 11.6 Å². The van der Waals surface area contributed by atoms with E-state index in [1.54, 1.807) is 13.2 Å². The highest BCUT2D eigenvalue weighted by Gasteiger charge is 2.24. The average Bonchev–Trinajstić information content (AvgIpc) is 2.66. The summed E-state index contributed by atoms with van der Waals surface area (Å²) in [6, 6.07) is 7.53. The van der Waals surface area contributed by atoms with Crippen molar-refractivity contribution in [3.8, 4) is 11.1 Å². The molecule has 2 nitrogen and oxygen atoms in total. The number of hydrogen-bond acceptors (Lipinski definition) is 2. The lowest BCUT2D eigenvalue weighted by Crippen LogP contribution is -2.26. The number of benzene rings is 2. The predicted octanol–water partition coefficient (Wildman–Crippen LogP) is 5.59. The van der Waals surface area contributed by atoms with E-state index in [0.717, 1.165) is 12.8 Å². The highest BCUT2D eigenvalue weighted by atomic mass is 19.2. The number of methoxy groups -OCH3 is 1. The molecule has 1 heterocycles. The maximum Gasteiger partial charge on any atom is 0.167 e. The largest absolute Gasteiger partial charge is 0.379 e. The zero-order chi connectivity index (χ0) is 18.7. The van der Waals surface area contributed by atoms with Gasteiger partial charge in [-0.25, -0.2) is 13.2 Å². The van der Waals surface area contributed by atoms with Crippen LogP contribution in [0.5, 0.6) is 0 Å². The van der Waals surface area contributed by atoms with Crippen molar-refractivity contribution in [3.05, 3.63) is 58.9 Å². The van der Waals surface area contributed by atoms with Crippen molar-refractivity contribution in [1.82, 2.24) is 0 Å². The third-order valence-electron chi connectivity index (χ3n) is 4.90. The fourth-order valence-electron chi connectivity index (χ4n) is 3.39. The van der Waals surface area contributed by atoms with Gasteiger partial charge in [0.05, 0.1) is 18.8 Å². The Bertz CT molecular complexity index is 768. The molecule has 0 aromatic heterocycles. The zero-order valence-electron chi connectivity index (χ0n) is 15.0. The molecule has 0 saturated carbocycles. The SMILES string of the molecule is CCCc1ccc(-c2ccc(C3CCC(OC)CO3)cc2F)c(F)c1F. The first-order chi connectivity index (χ1) is 12.5. The molecule has 26 heavy (non-hydrogen) atoms. The maximum absolute atomic E-state index is 14.6. The first-order valence-electron chi connectivity index (χ1n) is 8.96. The van der Waals surface area contributed by atoms with E-state index in [-0.39, 0.29) is 23.3 Å². The molecule has 0 aliphatic carbocycles. The molecule has 0 amide bonds. The molecule has 3 rings (SSSR count). The van der Waals surface area contributed by atoms with Crippen molar-refractivity contribution in [1.29, 1.82) is 0 Å². The minimum absolute atomic E-state index is 0.0544. The van der Waals surface area contributed by atoms with Crippen LogP contribution >= 0.6 is 0 Å². The summed E-state index contributed by atoms with van der Waals surface area (Å²) in [5, 5.41) is 0. The van der Waals surface area contributed by atoms with Crippen molar-refractivity contribution in [2.24, 2.45) is 0 Å². The highest BCUT2D eigenvalue weighted by molar-refractivity contribution is 5.66. The minimum atomic E-state index is -1.00. The summed E-state index contributed by atoms with van der Waals surface area (Å²) in [6.45, 7) is 2.36. The highest BCUT2D eigenvalue weighted by Crippen LogP contribution is 2.34. The minimum Gasteiger partial charge on any atom is -0.379 e. The molecule has 2 aromatic rings. The van der Waals surface area contributed by atoms with Crippen LogP contribution in [-0.4, -0.2) is 19.8 Å². The monoisotopic (exact) mass is 364 g/mol. The standard InChI is InChI=1S/C21H23F3O2/c1-3-4-13-5-9-17(21(24)20(13)23)16-8-6-14(11-18(16)22)19-10-7-15(25-2)12-26-19/h5-6,8-9,11,15,19H,3-4,7,10,12H2,1-2H3. The molecule has 0 spiro atoms. The average molecular weight is 364 g/mol. The van der Waals surface area contributed by atoms with Crippen LogP contribution in [-0.2, 0) is 15.9 Å². The van der Waals surface area contributed by atoms with Crippen LogP contribution in [0.4, 0.5) is 13.2 Å². The Balaban J connectivity index is 1.85. The van der Waals surface area contributed by atoms with E-state index in [9.17, 15) is 13.2 Å². The summed E-state index contributed by atoms with van der Waals surface area (Å²) in [6.07, 6.45) is 2.58. The Morgan fingerprint density at radius 1 is 1.04 bits per heavy atom. The van der Waals surface area contributed by atoms with Crippen molar-refractivity contribution in [2.45, 2.75) is 44.8 Å². The van der Waals surface area contributed by atoms with E-state index in [1.165, 1.54) is 24.3 Å². The molecule has 1 aliphatic heterocycles. The molecule has 2 unspecified atom stereocenters. The van der Waals surface area contributed by atoms with E-state index >= 15 is 0 Å². The number of halogens is 3. The van der Waals surface area contributed by atoms with E-state index < -0.39 is 17.5 Å². The predicted molar refractivity (Wildman–Crippen MR) is 94.5 cm³/mol. The third-order valence-corrected chi connectivity index (χ3v) is 4.90. The lowest BCUT2D eigenvalue weighted by atomic mass is 9.95. The summed E-state index contributed by atoms with van der Waals surface area (Å²) < 4.78 is 54.2. The van der Waals surface area contributed by atoms with Crippen LogP contribution in [0.2, 0.25) is 0 Å². The van der Waals surface area contributed by atoms with E-state index in [1.807, 2.05) is 6.92 Å². The molecule has 5 heteroatoms. The molecular formula is C21H23F3O2. The van der Waals surface area contributed by atoms with Crippen LogP contribution in [0, 0.1) is 17.5 Å². The topological polar surface area (TPSA) is 18.5 Å². The van der Waals surface area contributed by atoms with Crippen molar-refractivity contribution in [2.75, 3.05) is 13.7 Å². The second-order valence-electron chi connectivity index (χ2n) is 6.65. The van der Waals surface area contributed by atoms with Gasteiger partial charge in [-0.05, 0) is 36.5 Å². The summed E-state index contributed by atoms with van der Waals surface area (Å²) in [7, 11) is 1.64. The van der Waals surface area contributed by atoms with Crippen LogP contribution in [0.1, 0.15) is 43.4 Å². The van der Waals surface area contributed by atoms with Gasteiger partial charge >= 0.3 is 0 Å². The zero-order valence-corrected chi connectivity index (χ0v) is 15.0. The van der Waals surface area contributed by atoms with Gasteiger partial charge < -0.3 is 9.47 Å². The summed E-state index contributed by atoms with van der Waals surface area (Å²) >= 11 is 0. The fourth-order valence-corrected chi connectivity index (χ4v) is 3.39. The lowest BCUT2D eigenvalue weighted by Gasteiger charge is -2.28. The van der Waals surface area contributed by atoms with Crippen LogP contribution in [0.15, 0.2) is 30.3 Å². The van der Waals surface area contributed by atoms with Crippen molar-refractivity contribution < 1.29 is 22.6 Å². The molecule has 0 N–H and O–H groups in total. The van der Waals surface area contributed by atoms with Gasteiger partial charge in [-0.1, -0.05) is 37.6 Å².